The molecule has 0 unspecified atom stereocenters. The molecular formula is C12H12N2O2. The third-order valence-corrected chi connectivity index (χ3v) is 2.52. The number of benzene rings is 1. The monoisotopic (exact) mass is 216 g/mol. The molecule has 0 bridgehead atoms. The van der Waals surface area contributed by atoms with E-state index in [2.05, 4.69) is 9.97 Å². The number of hydrogen-bond acceptors (Lipinski definition) is 3. The predicted octanol–water partition coefficient (Wildman–Crippen LogP) is 2.16. The number of fused-ring (bicyclic) bond motifs is 1. The fourth-order valence-electron chi connectivity index (χ4n) is 1.75. The lowest BCUT2D eigenvalue weighted by Crippen LogP contribution is -2.15. The first-order valence-corrected chi connectivity index (χ1v) is 5.24. The van der Waals surface area contributed by atoms with E-state index in [-0.39, 0.29) is 0 Å². The van der Waals surface area contributed by atoms with E-state index in [1.165, 1.54) is 0 Å². The van der Waals surface area contributed by atoms with Crippen LogP contribution in [-0.2, 0) is 0 Å². The van der Waals surface area contributed by atoms with Crippen LogP contribution in [0.2, 0.25) is 0 Å². The Labute approximate surface area is 93.2 Å². The van der Waals surface area contributed by atoms with Crippen molar-refractivity contribution in [3.8, 4) is 22.9 Å². The molecule has 0 spiro atoms. The molecule has 2 aromatic rings. The highest BCUT2D eigenvalue weighted by atomic mass is 16.6. The molecular weight excluding hydrogens is 204 g/mol. The van der Waals surface area contributed by atoms with Gasteiger partial charge in [0.25, 0.3) is 0 Å². The molecule has 0 atom stereocenters. The molecule has 16 heavy (non-hydrogen) atoms. The number of aromatic nitrogens is 2. The number of aromatic amines is 1. The number of imidazole rings is 1. The van der Waals surface area contributed by atoms with E-state index in [4.69, 9.17) is 9.47 Å². The van der Waals surface area contributed by atoms with Gasteiger partial charge < -0.3 is 14.5 Å². The van der Waals surface area contributed by atoms with Gasteiger partial charge in [-0.15, -0.1) is 0 Å². The van der Waals surface area contributed by atoms with E-state index >= 15 is 0 Å². The van der Waals surface area contributed by atoms with Gasteiger partial charge in [-0.05, 0) is 25.1 Å². The summed E-state index contributed by atoms with van der Waals surface area (Å²) < 4.78 is 11.0. The van der Waals surface area contributed by atoms with Gasteiger partial charge in [0.05, 0.1) is 0 Å². The fourth-order valence-corrected chi connectivity index (χ4v) is 1.75. The normalized spacial score (nSPS) is 13.8. The van der Waals surface area contributed by atoms with E-state index < -0.39 is 0 Å². The van der Waals surface area contributed by atoms with Crippen molar-refractivity contribution in [1.29, 1.82) is 0 Å². The molecule has 4 nitrogen and oxygen atoms in total. The average molecular weight is 216 g/mol. The smallest absolute Gasteiger partial charge is 0.162 e. The molecule has 1 aliphatic heterocycles. The van der Waals surface area contributed by atoms with Crippen LogP contribution in [0.3, 0.4) is 0 Å². The summed E-state index contributed by atoms with van der Waals surface area (Å²) in [6.07, 6.45) is 1.81. The Bertz CT molecular complexity index is 519. The number of rotatable bonds is 1. The van der Waals surface area contributed by atoms with Crippen molar-refractivity contribution in [3.63, 3.8) is 0 Å². The first-order chi connectivity index (χ1) is 7.83. The molecule has 0 amide bonds. The van der Waals surface area contributed by atoms with Crippen LogP contribution in [0.1, 0.15) is 5.69 Å². The van der Waals surface area contributed by atoms with E-state index in [0.29, 0.717) is 13.2 Å². The molecule has 0 saturated heterocycles. The zero-order valence-electron chi connectivity index (χ0n) is 8.99. The predicted molar refractivity (Wildman–Crippen MR) is 59.8 cm³/mol. The molecule has 0 aliphatic carbocycles. The van der Waals surface area contributed by atoms with Crippen molar-refractivity contribution in [2.45, 2.75) is 6.92 Å². The minimum atomic E-state index is 0.605. The molecule has 1 aromatic carbocycles. The van der Waals surface area contributed by atoms with Crippen LogP contribution in [0.15, 0.2) is 24.4 Å². The highest BCUT2D eigenvalue weighted by Crippen LogP contribution is 2.33. The van der Waals surface area contributed by atoms with Crippen molar-refractivity contribution >= 4 is 0 Å². The second-order valence-electron chi connectivity index (χ2n) is 3.77. The van der Waals surface area contributed by atoms with Gasteiger partial charge in [0.2, 0.25) is 0 Å². The van der Waals surface area contributed by atoms with Crippen LogP contribution in [0.25, 0.3) is 11.4 Å². The van der Waals surface area contributed by atoms with Gasteiger partial charge in [0, 0.05) is 17.5 Å². The van der Waals surface area contributed by atoms with Crippen molar-refractivity contribution in [2.24, 2.45) is 0 Å². The molecule has 0 fully saturated rings. The van der Waals surface area contributed by atoms with Gasteiger partial charge in [-0.2, -0.15) is 0 Å². The summed E-state index contributed by atoms with van der Waals surface area (Å²) in [6, 6.07) is 5.85. The van der Waals surface area contributed by atoms with Crippen molar-refractivity contribution in [1.82, 2.24) is 9.97 Å². The summed E-state index contributed by atoms with van der Waals surface area (Å²) in [5.41, 5.74) is 2.06. The van der Waals surface area contributed by atoms with Crippen LogP contribution in [0, 0.1) is 6.92 Å². The van der Waals surface area contributed by atoms with Crippen LogP contribution in [0.4, 0.5) is 0 Å². The lowest BCUT2D eigenvalue weighted by atomic mass is 10.2. The highest BCUT2D eigenvalue weighted by molar-refractivity contribution is 5.61. The maximum absolute atomic E-state index is 5.53. The van der Waals surface area contributed by atoms with Gasteiger partial charge in [-0.3, -0.25) is 0 Å². The van der Waals surface area contributed by atoms with Gasteiger partial charge in [0.1, 0.15) is 19.0 Å². The molecule has 1 N–H and O–H groups in total. The summed E-state index contributed by atoms with van der Waals surface area (Å²) in [4.78, 5) is 7.47. The summed E-state index contributed by atoms with van der Waals surface area (Å²) in [6.45, 7) is 3.20. The number of aryl methyl sites for hydroxylation is 1. The minimum absolute atomic E-state index is 0.605. The quantitative estimate of drug-likeness (QED) is 0.794. The first-order valence-electron chi connectivity index (χ1n) is 5.24. The summed E-state index contributed by atoms with van der Waals surface area (Å²) >= 11 is 0. The summed E-state index contributed by atoms with van der Waals surface area (Å²) in [5.74, 6) is 2.45. The zero-order valence-corrected chi connectivity index (χ0v) is 8.99. The van der Waals surface area contributed by atoms with Crippen molar-refractivity contribution in [3.05, 3.63) is 30.1 Å². The first kappa shape index (κ1) is 9.27. The molecule has 3 rings (SSSR count). The van der Waals surface area contributed by atoms with Gasteiger partial charge >= 0.3 is 0 Å². The zero-order chi connectivity index (χ0) is 11.0. The molecule has 0 saturated carbocycles. The fraction of sp³-hybridized carbons (Fsp3) is 0.250. The average Bonchev–Trinajstić information content (AvgIpc) is 2.75. The molecule has 82 valence electrons. The Morgan fingerprint density at radius 1 is 1.19 bits per heavy atom. The number of hydrogen-bond donors (Lipinski definition) is 1. The molecule has 0 radical (unpaired) electrons. The Kier molecular flexibility index (Phi) is 2.06. The van der Waals surface area contributed by atoms with E-state index in [0.717, 1.165) is 28.6 Å². The van der Waals surface area contributed by atoms with E-state index in [1.807, 2.05) is 31.3 Å². The summed E-state index contributed by atoms with van der Waals surface area (Å²) in [7, 11) is 0. The van der Waals surface area contributed by atoms with Gasteiger partial charge in [-0.25, -0.2) is 4.98 Å². The van der Waals surface area contributed by atoms with Gasteiger partial charge in [0.15, 0.2) is 11.5 Å². The molecule has 2 heterocycles. The maximum atomic E-state index is 5.53. The Balaban J connectivity index is 2.02. The van der Waals surface area contributed by atoms with Crippen molar-refractivity contribution < 1.29 is 9.47 Å². The van der Waals surface area contributed by atoms with E-state index in [9.17, 15) is 0 Å². The second-order valence-corrected chi connectivity index (χ2v) is 3.77. The number of H-pyrrole nitrogens is 1. The SMILES string of the molecule is Cc1cnc(-c2ccc3c(c2)OCCO3)[nH]1. The standard InChI is InChI=1S/C12H12N2O2/c1-8-7-13-12(14-8)9-2-3-10-11(6-9)16-5-4-15-10/h2-3,6-7H,4-5H2,1H3,(H,13,14). The van der Waals surface area contributed by atoms with Crippen LogP contribution in [0.5, 0.6) is 11.5 Å². The van der Waals surface area contributed by atoms with Crippen molar-refractivity contribution in [2.75, 3.05) is 13.2 Å². The minimum Gasteiger partial charge on any atom is -0.486 e. The largest absolute Gasteiger partial charge is 0.486 e. The Morgan fingerprint density at radius 2 is 2.00 bits per heavy atom. The Morgan fingerprint density at radius 3 is 2.75 bits per heavy atom. The number of nitrogens with one attached hydrogen (secondary N) is 1. The number of nitrogens with zero attached hydrogens (tertiary/aromatic N) is 1. The number of ether oxygens (including phenoxy) is 2. The van der Waals surface area contributed by atoms with Crippen LogP contribution in [-0.4, -0.2) is 23.2 Å². The third kappa shape index (κ3) is 1.52. The van der Waals surface area contributed by atoms with Crippen LogP contribution >= 0.6 is 0 Å². The van der Waals surface area contributed by atoms with Gasteiger partial charge in [-0.1, -0.05) is 0 Å². The van der Waals surface area contributed by atoms with Crippen LogP contribution < -0.4 is 9.47 Å². The highest BCUT2D eigenvalue weighted by Gasteiger charge is 2.13. The second kappa shape index (κ2) is 3.56. The lowest BCUT2D eigenvalue weighted by molar-refractivity contribution is 0.171. The van der Waals surface area contributed by atoms with E-state index in [1.54, 1.807) is 0 Å². The molecule has 1 aromatic heterocycles. The lowest BCUT2D eigenvalue weighted by Gasteiger charge is -2.18. The molecule has 4 heteroatoms. The third-order valence-electron chi connectivity index (χ3n) is 2.52. The molecule has 1 aliphatic rings. The summed E-state index contributed by atoms with van der Waals surface area (Å²) in [5, 5.41) is 0. The maximum Gasteiger partial charge on any atom is 0.162 e. The Hall–Kier alpha value is -1.97. The topological polar surface area (TPSA) is 47.1 Å².